The van der Waals surface area contributed by atoms with E-state index in [2.05, 4.69) is 10.6 Å². The molecule has 0 heterocycles. The van der Waals surface area contributed by atoms with Crippen LogP contribution in [0.4, 0.5) is 0 Å². The Hall–Kier alpha value is -2.18. The molecule has 150 valence electrons. The highest BCUT2D eigenvalue weighted by Crippen LogP contribution is 2.12. The predicted molar refractivity (Wildman–Crippen MR) is 115 cm³/mol. The number of hydrogen-bond donors (Lipinski definition) is 2. The number of methoxy groups -OCH3 is 1. The van der Waals surface area contributed by atoms with Gasteiger partial charge in [-0.15, -0.1) is 0 Å². The van der Waals surface area contributed by atoms with Crippen molar-refractivity contribution in [1.82, 2.24) is 10.6 Å². The third-order valence-corrected chi connectivity index (χ3v) is 5.11. The van der Waals surface area contributed by atoms with Crippen molar-refractivity contribution in [1.29, 1.82) is 0 Å². The lowest BCUT2D eigenvalue weighted by atomic mass is 10.1. The van der Waals surface area contributed by atoms with E-state index < -0.39 is 6.04 Å². The van der Waals surface area contributed by atoms with Gasteiger partial charge in [0.1, 0.15) is 11.8 Å². The maximum Gasteiger partial charge on any atom is 0.251 e. The van der Waals surface area contributed by atoms with Gasteiger partial charge in [0, 0.05) is 17.1 Å². The SMILES string of the molecule is COc1ccc(C(=O)N[C@@H](CCSC)C(=O)NCCc2ccc(Cl)cc2)cc1. The third-order valence-electron chi connectivity index (χ3n) is 4.21. The minimum Gasteiger partial charge on any atom is -0.497 e. The Bertz CT molecular complexity index is 766. The topological polar surface area (TPSA) is 67.4 Å². The molecule has 0 unspecified atom stereocenters. The molecule has 0 fully saturated rings. The Balaban J connectivity index is 1.91. The molecule has 0 aliphatic carbocycles. The highest BCUT2D eigenvalue weighted by Gasteiger charge is 2.20. The van der Waals surface area contributed by atoms with Gasteiger partial charge < -0.3 is 15.4 Å². The molecular weight excluding hydrogens is 396 g/mol. The van der Waals surface area contributed by atoms with Crippen molar-refractivity contribution in [3.05, 3.63) is 64.7 Å². The van der Waals surface area contributed by atoms with Crippen molar-refractivity contribution >= 4 is 35.2 Å². The van der Waals surface area contributed by atoms with Crippen molar-refractivity contribution < 1.29 is 14.3 Å². The molecule has 2 amide bonds. The number of nitrogens with one attached hydrogen (secondary N) is 2. The van der Waals surface area contributed by atoms with Gasteiger partial charge in [0.15, 0.2) is 0 Å². The maximum absolute atomic E-state index is 12.6. The minimum absolute atomic E-state index is 0.176. The van der Waals surface area contributed by atoms with Crippen molar-refractivity contribution in [2.75, 3.05) is 25.7 Å². The van der Waals surface area contributed by atoms with Crippen LogP contribution >= 0.6 is 23.4 Å². The van der Waals surface area contributed by atoms with Crippen molar-refractivity contribution in [2.45, 2.75) is 18.9 Å². The lowest BCUT2D eigenvalue weighted by Gasteiger charge is -2.18. The smallest absolute Gasteiger partial charge is 0.251 e. The Morgan fingerprint density at radius 1 is 1.11 bits per heavy atom. The molecular formula is C21H25ClN2O3S. The molecule has 7 heteroatoms. The van der Waals surface area contributed by atoms with Crippen LogP contribution in [0, 0.1) is 0 Å². The van der Waals surface area contributed by atoms with E-state index >= 15 is 0 Å². The number of benzene rings is 2. The molecule has 0 saturated heterocycles. The first-order valence-corrected chi connectivity index (χ1v) is 10.8. The second kappa shape index (κ2) is 11.6. The van der Waals surface area contributed by atoms with Crippen LogP contribution in [0.1, 0.15) is 22.3 Å². The number of amides is 2. The summed E-state index contributed by atoms with van der Waals surface area (Å²) in [7, 11) is 1.57. The lowest BCUT2D eigenvalue weighted by Crippen LogP contribution is -2.47. The summed E-state index contributed by atoms with van der Waals surface area (Å²) < 4.78 is 5.10. The molecule has 0 aliphatic heterocycles. The number of carbonyl (C=O) groups is 2. The molecule has 0 radical (unpaired) electrons. The molecule has 2 aromatic carbocycles. The fourth-order valence-electron chi connectivity index (χ4n) is 2.59. The molecule has 0 aromatic heterocycles. The number of thioether (sulfide) groups is 1. The second-order valence-electron chi connectivity index (χ2n) is 6.20. The summed E-state index contributed by atoms with van der Waals surface area (Å²) in [6.07, 6.45) is 3.24. The summed E-state index contributed by atoms with van der Waals surface area (Å²) in [5.74, 6) is 1.000. The molecule has 2 N–H and O–H groups in total. The standard InChI is InChI=1S/C21H25ClN2O3S/c1-27-18-9-5-16(6-10-18)20(25)24-19(12-14-28-2)21(26)23-13-11-15-3-7-17(22)8-4-15/h3-10,19H,11-14H2,1-2H3,(H,23,26)(H,24,25)/t19-/m0/s1. The highest BCUT2D eigenvalue weighted by atomic mass is 35.5. The number of ether oxygens (including phenoxy) is 1. The zero-order valence-electron chi connectivity index (χ0n) is 16.0. The van der Waals surface area contributed by atoms with E-state index in [-0.39, 0.29) is 11.8 Å². The molecule has 5 nitrogen and oxygen atoms in total. The molecule has 0 saturated carbocycles. The van der Waals surface area contributed by atoms with Gasteiger partial charge in [-0.2, -0.15) is 11.8 Å². The molecule has 0 bridgehead atoms. The average Bonchev–Trinajstić information content (AvgIpc) is 2.72. The van der Waals surface area contributed by atoms with Gasteiger partial charge in [-0.3, -0.25) is 9.59 Å². The largest absolute Gasteiger partial charge is 0.497 e. The van der Waals surface area contributed by atoms with Crippen LogP contribution in [0.15, 0.2) is 48.5 Å². The van der Waals surface area contributed by atoms with Gasteiger partial charge in [-0.25, -0.2) is 0 Å². The maximum atomic E-state index is 12.6. The number of rotatable bonds is 10. The van der Waals surface area contributed by atoms with E-state index in [1.807, 2.05) is 30.5 Å². The first kappa shape index (κ1) is 22.1. The van der Waals surface area contributed by atoms with Gasteiger partial charge in [0.2, 0.25) is 5.91 Å². The average molecular weight is 421 g/mol. The highest BCUT2D eigenvalue weighted by molar-refractivity contribution is 7.98. The van der Waals surface area contributed by atoms with Gasteiger partial charge in [0.25, 0.3) is 5.91 Å². The van der Waals surface area contributed by atoms with Crippen LogP contribution in [-0.2, 0) is 11.2 Å². The first-order valence-electron chi connectivity index (χ1n) is 8.99. The second-order valence-corrected chi connectivity index (χ2v) is 7.63. The quantitative estimate of drug-likeness (QED) is 0.616. The Morgan fingerprint density at radius 3 is 2.39 bits per heavy atom. The Morgan fingerprint density at radius 2 is 1.79 bits per heavy atom. The van der Waals surface area contributed by atoms with Crippen LogP contribution in [-0.4, -0.2) is 43.5 Å². The molecule has 2 aromatic rings. The number of halogens is 1. The Kier molecular flexibility index (Phi) is 9.17. The molecule has 2 rings (SSSR count). The predicted octanol–water partition coefficient (Wildman–Crippen LogP) is 3.56. The third kappa shape index (κ3) is 7.09. The van der Waals surface area contributed by atoms with Gasteiger partial charge in [-0.05, 0) is 66.8 Å². The number of hydrogen-bond acceptors (Lipinski definition) is 4. The van der Waals surface area contributed by atoms with Crippen molar-refractivity contribution in [3.8, 4) is 5.75 Å². The van der Waals surface area contributed by atoms with Crippen LogP contribution < -0.4 is 15.4 Å². The van der Waals surface area contributed by atoms with Crippen LogP contribution in [0.2, 0.25) is 5.02 Å². The molecule has 28 heavy (non-hydrogen) atoms. The van der Waals surface area contributed by atoms with Gasteiger partial charge >= 0.3 is 0 Å². The zero-order chi connectivity index (χ0) is 20.4. The summed E-state index contributed by atoms with van der Waals surface area (Å²) in [4.78, 5) is 25.1. The van der Waals surface area contributed by atoms with E-state index in [0.29, 0.717) is 35.7 Å². The van der Waals surface area contributed by atoms with E-state index in [4.69, 9.17) is 16.3 Å². The van der Waals surface area contributed by atoms with Gasteiger partial charge in [-0.1, -0.05) is 23.7 Å². The Labute approximate surface area is 175 Å². The summed E-state index contributed by atoms with van der Waals surface area (Å²) in [5, 5.41) is 6.44. The van der Waals surface area contributed by atoms with Crippen molar-refractivity contribution in [3.63, 3.8) is 0 Å². The van der Waals surface area contributed by atoms with Crippen LogP contribution in [0.3, 0.4) is 0 Å². The monoisotopic (exact) mass is 420 g/mol. The van der Waals surface area contributed by atoms with Crippen molar-refractivity contribution in [2.24, 2.45) is 0 Å². The van der Waals surface area contributed by atoms with Gasteiger partial charge in [0.05, 0.1) is 7.11 Å². The van der Waals surface area contributed by atoms with E-state index in [9.17, 15) is 9.59 Å². The van der Waals surface area contributed by atoms with E-state index in [1.165, 1.54) is 0 Å². The van der Waals surface area contributed by atoms with Crippen LogP contribution in [0.5, 0.6) is 5.75 Å². The molecule has 0 spiro atoms. The molecule has 1 atom stereocenters. The zero-order valence-corrected chi connectivity index (χ0v) is 17.6. The van der Waals surface area contributed by atoms with E-state index in [0.717, 1.165) is 11.3 Å². The fraction of sp³-hybridized carbons (Fsp3) is 0.333. The molecule has 0 aliphatic rings. The lowest BCUT2D eigenvalue weighted by molar-refractivity contribution is -0.122. The summed E-state index contributed by atoms with van der Waals surface area (Å²) in [6.45, 7) is 0.495. The first-order chi connectivity index (χ1) is 13.5. The number of carbonyl (C=O) groups excluding carboxylic acids is 2. The summed E-state index contributed by atoms with van der Waals surface area (Å²) in [5.41, 5.74) is 1.58. The fourth-order valence-corrected chi connectivity index (χ4v) is 3.19. The van der Waals surface area contributed by atoms with Crippen LogP contribution in [0.25, 0.3) is 0 Å². The minimum atomic E-state index is -0.577. The summed E-state index contributed by atoms with van der Waals surface area (Å²) >= 11 is 7.52. The normalized spacial score (nSPS) is 11.5. The van der Waals surface area contributed by atoms with E-state index in [1.54, 1.807) is 43.1 Å². The summed E-state index contributed by atoms with van der Waals surface area (Å²) in [6, 6.07) is 13.7.